The van der Waals surface area contributed by atoms with Crippen LogP contribution < -0.4 is 5.84 Å². The zero-order chi connectivity index (χ0) is 7.23. The lowest BCUT2D eigenvalue weighted by Crippen LogP contribution is -1.77. The van der Waals surface area contributed by atoms with Crippen LogP contribution in [0.25, 0.3) is 6.08 Å². The minimum atomic E-state index is 0.792. The van der Waals surface area contributed by atoms with Crippen LogP contribution in [-0.4, -0.2) is 6.21 Å². The standard InChI is InChI=1S/C7H8N2O/c8-9-5-1-3-7-4-2-6-10-7/h1-6H,8H2/b3-1+,9-5+. The zero-order valence-electron chi connectivity index (χ0n) is 5.40. The Morgan fingerprint density at radius 3 is 3.10 bits per heavy atom. The highest BCUT2D eigenvalue weighted by atomic mass is 16.3. The Hall–Kier alpha value is -1.51. The predicted molar refractivity (Wildman–Crippen MR) is 40.4 cm³/mol. The van der Waals surface area contributed by atoms with Crippen LogP contribution in [0.1, 0.15) is 5.76 Å². The molecule has 0 saturated carbocycles. The van der Waals surface area contributed by atoms with E-state index >= 15 is 0 Å². The van der Waals surface area contributed by atoms with Gasteiger partial charge in [-0.25, -0.2) is 0 Å². The largest absolute Gasteiger partial charge is 0.465 e. The van der Waals surface area contributed by atoms with E-state index in [4.69, 9.17) is 10.3 Å². The first-order chi connectivity index (χ1) is 4.93. The fraction of sp³-hybridized carbons (Fsp3) is 0. The molecule has 10 heavy (non-hydrogen) atoms. The smallest absolute Gasteiger partial charge is 0.126 e. The summed E-state index contributed by atoms with van der Waals surface area (Å²) in [4.78, 5) is 0. The first-order valence-corrected chi connectivity index (χ1v) is 2.87. The summed E-state index contributed by atoms with van der Waals surface area (Å²) in [5.74, 6) is 5.65. The number of allylic oxidation sites excluding steroid dienone is 1. The van der Waals surface area contributed by atoms with Crippen molar-refractivity contribution in [3.63, 3.8) is 0 Å². The van der Waals surface area contributed by atoms with Crippen LogP contribution in [0.2, 0.25) is 0 Å². The average Bonchev–Trinajstić information content (AvgIpc) is 2.41. The summed E-state index contributed by atoms with van der Waals surface area (Å²) < 4.78 is 4.99. The molecule has 0 aromatic carbocycles. The Bertz CT molecular complexity index is 224. The molecule has 0 aliphatic rings. The monoisotopic (exact) mass is 136 g/mol. The molecule has 1 aromatic rings. The molecule has 0 fully saturated rings. The maximum atomic E-state index is 4.99. The lowest BCUT2D eigenvalue weighted by Gasteiger charge is -1.77. The lowest BCUT2D eigenvalue weighted by molar-refractivity contribution is 0.557. The number of nitrogens with zero attached hydrogens (tertiary/aromatic N) is 1. The van der Waals surface area contributed by atoms with Crippen molar-refractivity contribution in [1.29, 1.82) is 0 Å². The second kappa shape index (κ2) is 3.50. The van der Waals surface area contributed by atoms with Crippen molar-refractivity contribution >= 4 is 12.3 Å². The van der Waals surface area contributed by atoms with Gasteiger partial charge in [-0.1, -0.05) is 0 Å². The van der Waals surface area contributed by atoms with Gasteiger partial charge in [0.15, 0.2) is 0 Å². The van der Waals surface area contributed by atoms with Crippen molar-refractivity contribution in [2.45, 2.75) is 0 Å². The van der Waals surface area contributed by atoms with Gasteiger partial charge in [0, 0.05) is 6.21 Å². The van der Waals surface area contributed by atoms with Gasteiger partial charge in [0.05, 0.1) is 6.26 Å². The van der Waals surface area contributed by atoms with Gasteiger partial charge in [-0.2, -0.15) is 5.10 Å². The highest BCUT2D eigenvalue weighted by Crippen LogP contribution is 2.00. The normalized spacial score (nSPS) is 11.6. The van der Waals surface area contributed by atoms with Gasteiger partial charge < -0.3 is 10.3 Å². The van der Waals surface area contributed by atoms with Crippen molar-refractivity contribution in [3.8, 4) is 0 Å². The van der Waals surface area contributed by atoms with Crippen LogP contribution in [0.15, 0.2) is 34.0 Å². The van der Waals surface area contributed by atoms with E-state index in [-0.39, 0.29) is 0 Å². The minimum Gasteiger partial charge on any atom is -0.465 e. The Labute approximate surface area is 58.8 Å². The van der Waals surface area contributed by atoms with E-state index in [2.05, 4.69) is 5.10 Å². The topological polar surface area (TPSA) is 51.5 Å². The molecular weight excluding hydrogens is 128 g/mol. The molecule has 3 heteroatoms. The molecule has 0 bridgehead atoms. The van der Waals surface area contributed by atoms with Crippen molar-refractivity contribution in [3.05, 3.63) is 30.2 Å². The van der Waals surface area contributed by atoms with Gasteiger partial charge in [0.2, 0.25) is 0 Å². The fourth-order valence-electron chi connectivity index (χ4n) is 0.574. The van der Waals surface area contributed by atoms with Crippen molar-refractivity contribution in [2.24, 2.45) is 10.9 Å². The molecule has 0 aliphatic carbocycles. The summed E-state index contributed by atoms with van der Waals surface area (Å²) in [5, 5.41) is 3.28. The molecule has 52 valence electrons. The van der Waals surface area contributed by atoms with E-state index in [0.29, 0.717) is 0 Å². The SMILES string of the molecule is N/N=C/C=C/c1ccco1. The van der Waals surface area contributed by atoms with Crippen LogP contribution in [0.3, 0.4) is 0 Å². The number of nitrogens with two attached hydrogens (primary N) is 1. The van der Waals surface area contributed by atoms with Crippen LogP contribution in [0.5, 0.6) is 0 Å². The van der Waals surface area contributed by atoms with Crippen molar-refractivity contribution < 1.29 is 4.42 Å². The van der Waals surface area contributed by atoms with E-state index in [1.54, 1.807) is 18.4 Å². The van der Waals surface area contributed by atoms with E-state index in [0.717, 1.165) is 5.76 Å². The molecule has 0 spiro atoms. The second-order valence-corrected chi connectivity index (χ2v) is 1.67. The molecule has 3 nitrogen and oxygen atoms in total. The average molecular weight is 136 g/mol. The van der Waals surface area contributed by atoms with Gasteiger partial charge in [-0.15, -0.1) is 0 Å². The maximum Gasteiger partial charge on any atom is 0.126 e. The summed E-state index contributed by atoms with van der Waals surface area (Å²) in [5.41, 5.74) is 0. The Balaban J connectivity index is 2.55. The van der Waals surface area contributed by atoms with Gasteiger partial charge in [0.25, 0.3) is 0 Å². The molecule has 0 saturated heterocycles. The Kier molecular flexibility index (Phi) is 2.31. The molecule has 0 aliphatic heterocycles. The Morgan fingerprint density at radius 2 is 2.50 bits per heavy atom. The molecule has 0 atom stereocenters. The fourth-order valence-corrected chi connectivity index (χ4v) is 0.574. The molecule has 0 amide bonds. The van der Waals surface area contributed by atoms with Crippen LogP contribution in [0.4, 0.5) is 0 Å². The molecule has 0 unspecified atom stereocenters. The van der Waals surface area contributed by atoms with Gasteiger partial charge in [-0.3, -0.25) is 0 Å². The summed E-state index contributed by atoms with van der Waals surface area (Å²) in [7, 11) is 0. The van der Waals surface area contributed by atoms with Gasteiger partial charge >= 0.3 is 0 Å². The number of rotatable bonds is 2. The van der Waals surface area contributed by atoms with Gasteiger partial charge in [0.1, 0.15) is 5.76 Å². The third kappa shape index (κ3) is 1.78. The van der Waals surface area contributed by atoms with E-state index in [1.807, 2.05) is 12.1 Å². The molecule has 1 rings (SSSR count). The van der Waals surface area contributed by atoms with Crippen molar-refractivity contribution in [2.75, 3.05) is 0 Å². The number of hydrogen-bond acceptors (Lipinski definition) is 3. The molecule has 0 radical (unpaired) electrons. The third-order valence-electron chi connectivity index (χ3n) is 0.976. The molecule has 1 aromatic heterocycles. The zero-order valence-corrected chi connectivity index (χ0v) is 5.40. The highest BCUT2D eigenvalue weighted by Gasteiger charge is 1.83. The molecule has 2 N–H and O–H groups in total. The number of hydrogen-bond donors (Lipinski definition) is 1. The van der Waals surface area contributed by atoms with E-state index in [9.17, 15) is 0 Å². The second-order valence-electron chi connectivity index (χ2n) is 1.67. The summed E-state index contributed by atoms with van der Waals surface area (Å²) in [6, 6.07) is 3.67. The number of furan rings is 1. The van der Waals surface area contributed by atoms with Crippen molar-refractivity contribution in [1.82, 2.24) is 0 Å². The maximum absolute atomic E-state index is 4.99. The van der Waals surface area contributed by atoms with E-state index in [1.165, 1.54) is 6.21 Å². The predicted octanol–water partition coefficient (Wildman–Crippen LogP) is 1.24. The third-order valence-corrected chi connectivity index (χ3v) is 0.976. The van der Waals surface area contributed by atoms with E-state index < -0.39 is 0 Å². The summed E-state index contributed by atoms with van der Waals surface area (Å²) in [6.07, 6.45) is 6.58. The first kappa shape index (κ1) is 6.61. The van der Waals surface area contributed by atoms with Gasteiger partial charge in [-0.05, 0) is 24.3 Å². The molecule has 1 heterocycles. The quantitative estimate of drug-likeness (QED) is 0.377. The lowest BCUT2D eigenvalue weighted by atomic mass is 10.4. The number of hydrazone groups is 1. The summed E-state index contributed by atoms with van der Waals surface area (Å²) in [6.45, 7) is 0. The molecular formula is C7H8N2O. The Morgan fingerprint density at radius 1 is 1.60 bits per heavy atom. The van der Waals surface area contributed by atoms with Crippen LogP contribution >= 0.6 is 0 Å². The van der Waals surface area contributed by atoms with Crippen LogP contribution in [-0.2, 0) is 0 Å². The minimum absolute atomic E-state index is 0.792. The highest BCUT2D eigenvalue weighted by molar-refractivity contribution is 5.77. The summed E-state index contributed by atoms with van der Waals surface area (Å²) >= 11 is 0. The van der Waals surface area contributed by atoms with Crippen LogP contribution in [0, 0.1) is 0 Å². The first-order valence-electron chi connectivity index (χ1n) is 2.87.